The lowest BCUT2D eigenvalue weighted by atomic mass is 10.0. The third-order valence-electron chi connectivity index (χ3n) is 5.57. The van der Waals surface area contributed by atoms with Crippen molar-refractivity contribution in [3.63, 3.8) is 0 Å². The molecule has 168 valence electrons. The van der Waals surface area contributed by atoms with Crippen LogP contribution in [0.3, 0.4) is 0 Å². The summed E-state index contributed by atoms with van der Waals surface area (Å²) in [7, 11) is 0. The maximum Gasteiger partial charge on any atom is 0.410 e. The normalized spacial score (nSPS) is 24.2. The van der Waals surface area contributed by atoms with Gasteiger partial charge in [-0.3, -0.25) is 4.90 Å². The summed E-state index contributed by atoms with van der Waals surface area (Å²) in [6, 6.07) is 17.0. The van der Waals surface area contributed by atoms with Gasteiger partial charge in [-0.05, 0) is 17.5 Å². The van der Waals surface area contributed by atoms with E-state index in [9.17, 15) is 20.1 Å². The summed E-state index contributed by atoms with van der Waals surface area (Å²) >= 11 is 0. The van der Waals surface area contributed by atoms with E-state index in [0.717, 1.165) is 11.1 Å². The molecule has 1 saturated heterocycles. The fraction of sp³-hybridized carbons (Fsp3) is 0.458. The largest absolute Gasteiger partial charge is 0.445 e. The molecule has 1 amide bonds. The van der Waals surface area contributed by atoms with Gasteiger partial charge in [-0.2, -0.15) is 0 Å². The number of hydrogen-bond acceptors (Lipinski definition) is 6. The van der Waals surface area contributed by atoms with Crippen molar-refractivity contribution >= 4 is 6.09 Å². The molecule has 7 heteroatoms. The summed E-state index contributed by atoms with van der Waals surface area (Å²) < 4.78 is 11.2. The molecule has 0 aromatic heterocycles. The molecular formula is C24H31NO6. The van der Waals surface area contributed by atoms with Gasteiger partial charge >= 0.3 is 6.09 Å². The van der Waals surface area contributed by atoms with Crippen LogP contribution in [-0.4, -0.2) is 63.3 Å². The average Bonchev–Trinajstić information content (AvgIpc) is 3.04. The van der Waals surface area contributed by atoms with Gasteiger partial charge in [-0.15, -0.1) is 0 Å². The third-order valence-corrected chi connectivity index (χ3v) is 5.57. The second kappa shape index (κ2) is 11.2. The zero-order chi connectivity index (χ0) is 22.2. The van der Waals surface area contributed by atoms with Gasteiger partial charge in [0.2, 0.25) is 0 Å². The molecule has 31 heavy (non-hydrogen) atoms. The number of carbonyl (C=O) groups is 1. The molecule has 5 atom stereocenters. The molecule has 0 radical (unpaired) electrons. The molecule has 1 aliphatic rings. The number of nitrogens with zero attached hydrogens (tertiary/aromatic N) is 1. The Morgan fingerprint density at radius 1 is 0.968 bits per heavy atom. The molecule has 2 aromatic carbocycles. The van der Waals surface area contributed by atoms with Crippen LogP contribution in [0.15, 0.2) is 60.7 Å². The second-order valence-corrected chi connectivity index (χ2v) is 7.84. The molecule has 1 fully saturated rings. The van der Waals surface area contributed by atoms with Crippen molar-refractivity contribution in [1.82, 2.24) is 4.90 Å². The van der Waals surface area contributed by atoms with E-state index in [4.69, 9.17) is 9.47 Å². The molecule has 1 heterocycles. The first-order valence-corrected chi connectivity index (χ1v) is 10.7. The van der Waals surface area contributed by atoms with Crippen molar-refractivity contribution in [1.29, 1.82) is 0 Å². The van der Waals surface area contributed by atoms with Gasteiger partial charge in [0.05, 0.1) is 31.4 Å². The Kier molecular flexibility index (Phi) is 8.43. The second-order valence-electron chi connectivity index (χ2n) is 7.84. The van der Waals surface area contributed by atoms with Crippen LogP contribution in [0.25, 0.3) is 0 Å². The molecule has 0 aliphatic carbocycles. The van der Waals surface area contributed by atoms with Gasteiger partial charge < -0.3 is 24.8 Å². The van der Waals surface area contributed by atoms with E-state index in [1.807, 2.05) is 67.6 Å². The lowest BCUT2D eigenvalue weighted by molar-refractivity contribution is -0.0146. The number of carbonyl (C=O) groups excluding carboxylic acids is 1. The molecule has 7 nitrogen and oxygen atoms in total. The standard InChI is InChI=1S/C24H31NO6/c1-2-9-20(26)21-23(28)22(27)19(16-30-14-17-10-5-3-6-11-17)25(21)24(29)31-15-18-12-7-4-8-13-18/h3-8,10-13,19-23,26-28H,2,9,14-16H2,1H3/t19-,20-,21-,22-,23-/m0/s1. The monoisotopic (exact) mass is 429 g/mol. The first kappa shape index (κ1) is 23.2. The minimum absolute atomic E-state index is 0.00288. The molecule has 0 unspecified atom stereocenters. The molecule has 0 saturated carbocycles. The lowest BCUT2D eigenvalue weighted by Crippen LogP contribution is -2.50. The highest BCUT2D eigenvalue weighted by Gasteiger charge is 2.53. The van der Waals surface area contributed by atoms with Crippen LogP contribution < -0.4 is 0 Å². The molecule has 1 aliphatic heterocycles. The third kappa shape index (κ3) is 5.83. The highest BCUT2D eigenvalue weighted by molar-refractivity contribution is 5.69. The van der Waals surface area contributed by atoms with E-state index in [1.54, 1.807) is 0 Å². The van der Waals surface area contributed by atoms with Gasteiger partial charge in [0.1, 0.15) is 18.8 Å². The van der Waals surface area contributed by atoms with Gasteiger partial charge in [0, 0.05) is 0 Å². The maximum absolute atomic E-state index is 13.0. The molecule has 0 spiro atoms. The zero-order valence-electron chi connectivity index (χ0n) is 17.7. The number of aliphatic hydroxyl groups is 3. The first-order valence-electron chi connectivity index (χ1n) is 10.7. The predicted octanol–water partition coefficient (Wildman–Crippen LogP) is 2.48. The van der Waals surface area contributed by atoms with Crippen molar-refractivity contribution in [3.05, 3.63) is 71.8 Å². The maximum atomic E-state index is 13.0. The van der Waals surface area contributed by atoms with Crippen LogP contribution in [0.2, 0.25) is 0 Å². The summed E-state index contributed by atoms with van der Waals surface area (Å²) in [6.07, 6.45) is -3.18. The average molecular weight is 430 g/mol. The van der Waals surface area contributed by atoms with E-state index in [0.29, 0.717) is 19.4 Å². The van der Waals surface area contributed by atoms with Gasteiger partial charge in [-0.1, -0.05) is 74.0 Å². The van der Waals surface area contributed by atoms with E-state index in [-0.39, 0.29) is 13.2 Å². The van der Waals surface area contributed by atoms with Crippen molar-refractivity contribution in [2.24, 2.45) is 0 Å². The Hall–Kier alpha value is -2.45. The summed E-state index contributed by atoms with van der Waals surface area (Å²) in [5, 5.41) is 31.9. The highest BCUT2D eigenvalue weighted by Crippen LogP contribution is 2.30. The van der Waals surface area contributed by atoms with E-state index >= 15 is 0 Å². The number of likely N-dealkylation sites (tertiary alicyclic amines) is 1. The van der Waals surface area contributed by atoms with Crippen LogP contribution in [-0.2, 0) is 22.7 Å². The van der Waals surface area contributed by atoms with Crippen LogP contribution in [0.5, 0.6) is 0 Å². The number of aliphatic hydroxyl groups excluding tert-OH is 3. The van der Waals surface area contributed by atoms with Crippen molar-refractivity contribution < 1.29 is 29.6 Å². The van der Waals surface area contributed by atoms with Crippen molar-refractivity contribution in [2.45, 2.75) is 63.4 Å². The molecule has 3 rings (SSSR count). The van der Waals surface area contributed by atoms with Crippen LogP contribution in [0.4, 0.5) is 4.79 Å². The number of amides is 1. The first-order chi connectivity index (χ1) is 15.0. The number of hydrogen-bond donors (Lipinski definition) is 3. The molecule has 2 aromatic rings. The Morgan fingerprint density at radius 2 is 1.55 bits per heavy atom. The number of rotatable bonds is 9. The number of benzene rings is 2. The SMILES string of the molecule is CCC[C@H](O)[C@H]1[C@H](O)[C@@H](O)[C@H](COCc2ccccc2)N1C(=O)OCc1ccccc1. The minimum atomic E-state index is -1.30. The van der Waals surface area contributed by atoms with E-state index in [1.165, 1.54) is 4.90 Å². The topological polar surface area (TPSA) is 99.5 Å². The van der Waals surface area contributed by atoms with Crippen LogP contribution in [0, 0.1) is 0 Å². The Morgan fingerprint density at radius 3 is 2.13 bits per heavy atom. The summed E-state index contributed by atoms with van der Waals surface area (Å²) in [4.78, 5) is 14.2. The fourth-order valence-electron chi connectivity index (χ4n) is 3.96. The summed E-state index contributed by atoms with van der Waals surface area (Å²) in [6.45, 7) is 2.26. The van der Waals surface area contributed by atoms with Gasteiger partial charge in [0.15, 0.2) is 0 Å². The van der Waals surface area contributed by atoms with Crippen LogP contribution >= 0.6 is 0 Å². The van der Waals surface area contributed by atoms with E-state index in [2.05, 4.69) is 0 Å². The summed E-state index contributed by atoms with van der Waals surface area (Å²) in [5.41, 5.74) is 1.77. The smallest absolute Gasteiger partial charge is 0.410 e. The fourth-order valence-corrected chi connectivity index (χ4v) is 3.96. The Balaban J connectivity index is 1.72. The highest BCUT2D eigenvalue weighted by atomic mass is 16.6. The molecular weight excluding hydrogens is 398 g/mol. The Labute approximate surface area is 182 Å². The van der Waals surface area contributed by atoms with Crippen molar-refractivity contribution in [2.75, 3.05) is 6.61 Å². The molecule has 0 bridgehead atoms. The quantitative estimate of drug-likeness (QED) is 0.566. The van der Waals surface area contributed by atoms with Crippen LogP contribution in [0.1, 0.15) is 30.9 Å². The number of ether oxygens (including phenoxy) is 2. The molecule has 3 N–H and O–H groups in total. The van der Waals surface area contributed by atoms with E-state index < -0.39 is 36.5 Å². The van der Waals surface area contributed by atoms with Gasteiger partial charge in [0.25, 0.3) is 0 Å². The Bertz CT molecular complexity index is 802. The predicted molar refractivity (Wildman–Crippen MR) is 115 cm³/mol. The lowest BCUT2D eigenvalue weighted by Gasteiger charge is -2.32. The van der Waals surface area contributed by atoms with Crippen molar-refractivity contribution in [3.8, 4) is 0 Å². The van der Waals surface area contributed by atoms with Gasteiger partial charge in [-0.25, -0.2) is 4.79 Å². The zero-order valence-corrected chi connectivity index (χ0v) is 17.7. The minimum Gasteiger partial charge on any atom is -0.445 e. The summed E-state index contributed by atoms with van der Waals surface area (Å²) in [5.74, 6) is 0.